The Morgan fingerprint density at radius 1 is 1.07 bits per heavy atom. The predicted octanol–water partition coefficient (Wildman–Crippen LogP) is 3.39. The number of hydrogen-bond acceptors (Lipinski definition) is 2. The van der Waals surface area contributed by atoms with Crippen LogP contribution in [-0.2, 0) is 0 Å². The molecule has 0 aromatic carbocycles. The molecule has 0 aromatic rings. The Labute approximate surface area is 93.6 Å². The SMILES string of the molecule is CC(C)(C)SCCCN1CCCCC1. The Kier molecular flexibility index (Phi) is 5.32. The lowest BCUT2D eigenvalue weighted by atomic mass is 10.1. The molecule has 0 N–H and O–H groups in total. The molecule has 0 bridgehead atoms. The highest BCUT2D eigenvalue weighted by molar-refractivity contribution is 8.00. The highest BCUT2D eigenvalue weighted by atomic mass is 32.2. The van der Waals surface area contributed by atoms with Crippen LogP contribution in [0.5, 0.6) is 0 Å². The van der Waals surface area contributed by atoms with Crippen molar-refractivity contribution < 1.29 is 0 Å². The molecule has 0 spiro atoms. The summed E-state index contributed by atoms with van der Waals surface area (Å²) in [6.45, 7) is 10.9. The maximum atomic E-state index is 2.63. The van der Waals surface area contributed by atoms with Gasteiger partial charge < -0.3 is 4.90 Å². The van der Waals surface area contributed by atoms with Gasteiger partial charge in [-0.2, -0.15) is 11.8 Å². The maximum absolute atomic E-state index is 2.63. The smallest absolute Gasteiger partial charge is 0.00751 e. The van der Waals surface area contributed by atoms with Crippen LogP contribution in [0.25, 0.3) is 0 Å². The minimum absolute atomic E-state index is 0.446. The second-order valence-corrected chi connectivity index (χ2v) is 7.14. The molecule has 1 aliphatic heterocycles. The van der Waals surface area contributed by atoms with Crippen LogP contribution in [0.3, 0.4) is 0 Å². The number of rotatable bonds is 4. The third kappa shape index (κ3) is 5.92. The first kappa shape index (κ1) is 12.4. The Morgan fingerprint density at radius 2 is 1.71 bits per heavy atom. The fourth-order valence-corrected chi connectivity index (χ4v) is 2.74. The number of hydrogen-bond donors (Lipinski definition) is 0. The molecule has 0 aliphatic carbocycles. The van der Waals surface area contributed by atoms with E-state index in [-0.39, 0.29) is 0 Å². The molecule has 1 fully saturated rings. The lowest BCUT2D eigenvalue weighted by Gasteiger charge is -2.26. The van der Waals surface area contributed by atoms with E-state index >= 15 is 0 Å². The van der Waals surface area contributed by atoms with E-state index in [1.54, 1.807) is 0 Å². The van der Waals surface area contributed by atoms with E-state index in [0.29, 0.717) is 4.75 Å². The van der Waals surface area contributed by atoms with Gasteiger partial charge in [0.2, 0.25) is 0 Å². The molecule has 0 saturated carbocycles. The van der Waals surface area contributed by atoms with Crippen LogP contribution in [0, 0.1) is 0 Å². The lowest BCUT2D eigenvalue weighted by Crippen LogP contribution is -2.30. The van der Waals surface area contributed by atoms with Gasteiger partial charge in [-0.05, 0) is 44.6 Å². The molecule has 0 atom stereocenters. The maximum Gasteiger partial charge on any atom is 0.00751 e. The first-order valence-electron chi connectivity index (χ1n) is 5.94. The monoisotopic (exact) mass is 215 g/mol. The number of likely N-dealkylation sites (tertiary alicyclic amines) is 1. The van der Waals surface area contributed by atoms with Gasteiger partial charge in [0, 0.05) is 4.75 Å². The Hall–Kier alpha value is 0.310. The molecule has 0 radical (unpaired) electrons. The van der Waals surface area contributed by atoms with Gasteiger partial charge in [0.25, 0.3) is 0 Å². The van der Waals surface area contributed by atoms with Crippen molar-refractivity contribution in [2.45, 2.75) is 51.2 Å². The first-order valence-corrected chi connectivity index (χ1v) is 6.93. The quantitative estimate of drug-likeness (QED) is 0.661. The van der Waals surface area contributed by atoms with Crippen molar-refractivity contribution >= 4 is 11.8 Å². The molecule has 1 rings (SSSR count). The zero-order valence-electron chi connectivity index (χ0n) is 10.0. The molecule has 1 nitrogen and oxygen atoms in total. The molecule has 1 saturated heterocycles. The van der Waals surface area contributed by atoms with Gasteiger partial charge in [-0.15, -0.1) is 0 Å². The lowest BCUT2D eigenvalue weighted by molar-refractivity contribution is 0.230. The Morgan fingerprint density at radius 3 is 2.29 bits per heavy atom. The highest BCUT2D eigenvalue weighted by Gasteiger charge is 2.12. The summed E-state index contributed by atoms with van der Waals surface area (Å²) in [5.41, 5.74) is 0. The van der Waals surface area contributed by atoms with Crippen molar-refractivity contribution in [3.05, 3.63) is 0 Å². The number of nitrogens with zero attached hydrogens (tertiary/aromatic N) is 1. The van der Waals surface area contributed by atoms with Gasteiger partial charge >= 0.3 is 0 Å². The van der Waals surface area contributed by atoms with Crippen LogP contribution < -0.4 is 0 Å². The Bertz CT molecular complexity index is 145. The van der Waals surface area contributed by atoms with Crippen molar-refractivity contribution in [2.75, 3.05) is 25.4 Å². The van der Waals surface area contributed by atoms with Gasteiger partial charge in [0.1, 0.15) is 0 Å². The average molecular weight is 215 g/mol. The van der Waals surface area contributed by atoms with Gasteiger partial charge in [-0.3, -0.25) is 0 Å². The van der Waals surface area contributed by atoms with Crippen LogP contribution in [0.2, 0.25) is 0 Å². The average Bonchev–Trinajstić information content (AvgIpc) is 2.13. The molecule has 1 heterocycles. The predicted molar refractivity (Wildman–Crippen MR) is 67.1 cm³/mol. The second kappa shape index (κ2) is 6.02. The van der Waals surface area contributed by atoms with E-state index in [1.165, 1.54) is 51.1 Å². The normalized spacial score (nSPS) is 19.9. The van der Waals surface area contributed by atoms with E-state index in [9.17, 15) is 0 Å². The summed E-state index contributed by atoms with van der Waals surface area (Å²) in [7, 11) is 0. The summed E-state index contributed by atoms with van der Waals surface area (Å²) in [5, 5.41) is 0. The molecule has 0 unspecified atom stereocenters. The van der Waals surface area contributed by atoms with Crippen LogP contribution in [0.4, 0.5) is 0 Å². The highest BCUT2D eigenvalue weighted by Crippen LogP contribution is 2.23. The van der Waals surface area contributed by atoms with Gasteiger partial charge in [0.15, 0.2) is 0 Å². The third-order valence-corrected chi connectivity index (χ3v) is 3.96. The van der Waals surface area contributed by atoms with Crippen molar-refractivity contribution in [3.63, 3.8) is 0 Å². The van der Waals surface area contributed by atoms with E-state index in [0.717, 1.165) is 0 Å². The molecule has 1 aliphatic rings. The molecule has 2 heteroatoms. The van der Waals surface area contributed by atoms with E-state index in [2.05, 4.69) is 37.4 Å². The topological polar surface area (TPSA) is 3.24 Å². The molecule has 0 amide bonds. The molecular formula is C12H25NS. The number of thioether (sulfide) groups is 1. The minimum atomic E-state index is 0.446. The van der Waals surface area contributed by atoms with Gasteiger partial charge in [0.05, 0.1) is 0 Å². The summed E-state index contributed by atoms with van der Waals surface area (Å²) in [4.78, 5) is 2.63. The third-order valence-electron chi connectivity index (χ3n) is 2.60. The van der Waals surface area contributed by atoms with Crippen LogP contribution in [-0.4, -0.2) is 35.0 Å². The molecule has 14 heavy (non-hydrogen) atoms. The number of piperidine rings is 1. The van der Waals surface area contributed by atoms with E-state index in [1.807, 2.05) is 0 Å². The molecule has 84 valence electrons. The standard InChI is InChI=1S/C12H25NS/c1-12(2,3)14-11-7-10-13-8-5-4-6-9-13/h4-11H2,1-3H3. The fourth-order valence-electron chi connectivity index (χ4n) is 1.85. The van der Waals surface area contributed by atoms with Crippen LogP contribution in [0.1, 0.15) is 46.5 Å². The summed E-state index contributed by atoms with van der Waals surface area (Å²) in [6, 6.07) is 0. The second-order valence-electron chi connectivity index (χ2n) is 5.22. The Balaban J connectivity index is 1.97. The summed E-state index contributed by atoms with van der Waals surface area (Å²) in [6.07, 6.45) is 5.66. The largest absolute Gasteiger partial charge is 0.303 e. The fraction of sp³-hybridized carbons (Fsp3) is 1.00. The zero-order valence-corrected chi connectivity index (χ0v) is 10.8. The molecule has 0 aromatic heterocycles. The molecular weight excluding hydrogens is 190 g/mol. The van der Waals surface area contributed by atoms with E-state index < -0.39 is 0 Å². The van der Waals surface area contributed by atoms with Gasteiger partial charge in [-0.1, -0.05) is 27.2 Å². The first-order chi connectivity index (χ1) is 6.58. The summed E-state index contributed by atoms with van der Waals surface area (Å²) in [5.74, 6) is 1.32. The van der Waals surface area contributed by atoms with Crippen LogP contribution >= 0.6 is 11.8 Å². The zero-order chi connectivity index (χ0) is 10.4. The summed E-state index contributed by atoms with van der Waals surface area (Å²) < 4.78 is 0.446. The van der Waals surface area contributed by atoms with Crippen LogP contribution in [0.15, 0.2) is 0 Å². The van der Waals surface area contributed by atoms with Crippen molar-refractivity contribution in [1.29, 1.82) is 0 Å². The van der Waals surface area contributed by atoms with E-state index in [4.69, 9.17) is 0 Å². The van der Waals surface area contributed by atoms with Crippen molar-refractivity contribution in [2.24, 2.45) is 0 Å². The van der Waals surface area contributed by atoms with Crippen molar-refractivity contribution in [3.8, 4) is 0 Å². The van der Waals surface area contributed by atoms with Gasteiger partial charge in [-0.25, -0.2) is 0 Å². The summed E-state index contributed by atoms with van der Waals surface area (Å²) >= 11 is 2.10. The minimum Gasteiger partial charge on any atom is -0.303 e. The van der Waals surface area contributed by atoms with Crippen molar-refractivity contribution in [1.82, 2.24) is 4.90 Å².